The molecule has 1 aliphatic carbocycles. The topological polar surface area (TPSA) is 44.0 Å². The SMILES string of the molecule is CC(O)C1CCC(c2ccc(C#N)cc2)CC1. The maximum absolute atomic E-state index is 9.57. The van der Waals surface area contributed by atoms with Gasteiger partial charge in [-0.2, -0.15) is 5.26 Å². The number of benzene rings is 1. The summed E-state index contributed by atoms with van der Waals surface area (Å²) in [6, 6.07) is 10.1. The summed E-state index contributed by atoms with van der Waals surface area (Å²) < 4.78 is 0. The molecule has 0 aliphatic heterocycles. The van der Waals surface area contributed by atoms with Gasteiger partial charge in [0.2, 0.25) is 0 Å². The Bertz CT molecular complexity index is 394. The fourth-order valence-electron chi connectivity index (χ4n) is 2.76. The Morgan fingerprint density at radius 2 is 1.76 bits per heavy atom. The van der Waals surface area contributed by atoms with Crippen molar-refractivity contribution in [3.05, 3.63) is 35.4 Å². The van der Waals surface area contributed by atoms with Crippen LogP contribution in [0.15, 0.2) is 24.3 Å². The summed E-state index contributed by atoms with van der Waals surface area (Å²) in [5, 5.41) is 18.3. The summed E-state index contributed by atoms with van der Waals surface area (Å²) in [4.78, 5) is 0. The lowest BCUT2D eigenvalue weighted by molar-refractivity contribution is 0.0967. The van der Waals surface area contributed by atoms with E-state index in [1.807, 2.05) is 19.1 Å². The van der Waals surface area contributed by atoms with E-state index in [4.69, 9.17) is 5.26 Å². The third-order valence-corrected chi connectivity index (χ3v) is 3.97. The first-order valence-electron chi connectivity index (χ1n) is 6.39. The third-order valence-electron chi connectivity index (χ3n) is 3.97. The van der Waals surface area contributed by atoms with Gasteiger partial charge in [0.1, 0.15) is 0 Å². The molecule has 0 radical (unpaired) electrons. The van der Waals surface area contributed by atoms with Crippen LogP contribution in [0.2, 0.25) is 0 Å². The summed E-state index contributed by atoms with van der Waals surface area (Å²) in [5.41, 5.74) is 2.07. The van der Waals surface area contributed by atoms with E-state index < -0.39 is 0 Å². The average molecular weight is 229 g/mol. The number of rotatable bonds is 2. The molecule has 2 heteroatoms. The van der Waals surface area contributed by atoms with Crippen molar-refractivity contribution in [2.24, 2.45) is 5.92 Å². The molecule has 90 valence electrons. The van der Waals surface area contributed by atoms with Crippen molar-refractivity contribution in [1.29, 1.82) is 5.26 Å². The number of aliphatic hydroxyl groups excluding tert-OH is 1. The van der Waals surface area contributed by atoms with Crippen LogP contribution in [-0.2, 0) is 0 Å². The lowest BCUT2D eigenvalue weighted by atomic mass is 9.77. The number of aliphatic hydroxyl groups is 1. The normalized spacial score (nSPS) is 26.2. The molecule has 0 spiro atoms. The lowest BCUT2D eigenvalue weighted by Gasteiger charge is -2.30. The van der Waals surface area contributed by atoms with Crippen LogP contribution in [0.25, 0.3) is 0 Å². The van der Waals surface area contributed by atoms with Crippen LogP contribution in [0.1, 0.15) is 49.7 Å². The lowest BCUT2D eigenvalue weighted by Crippen LogP contribution is -2.22. The molecule has 1 aliphatic rings. The van der Waals surface area contributed by atoms with Crippen molar-refractivity contribution in [2.45, 2.75) is 44.6 Å². The van der Waals surface area contributed by atoms with Crippen molar-refractivity contribution < 1.29 is 5.11 Å². The van der Waals surface area contributed by atoms with Gasteiger partial charge in [0.05, 0.1) is 17.7 Å². The van der Waals surface area contributed by atoms with Gasteiger partial charge in [-0.3, -0.25) is 0 Å². The van der Waals surface area contributed by atoms with Gasteiger partial charge >= 0.3 is 0 Å². The molecular formula is C15H19NO. The molecule has 1 N–H and O–H groups in total. The highest BCUT2D eigenvalue weighted by Gasteiger charge is 2.24. The number of nitrogens with zero attached hydrogens (tertiary/aromatic N) is 1. The molecule has 0 amide bonds. The molecule has 1 fully saturated rings. The predicted octanol–water partition coefficient (Wildman–Crippen LogP) is 3.21. The van der Waals surface area contributed by atoms with Crippen LogP contribution in [0.5, 0.6) is 0 Å². The molecule has 0 saturated heterocycles. The Labute approximate surface area is 103 Å². The monoisotopic (exact) mass is 229 g/mol. The second-order valence-electron chi connectivity index (χ2n) is 5.09. The van der Waals surface area contributed by atoms with Crippen molar-refractivity contribution in [2.75, 3.05) is 0 Å². The van der Waals surface area contributed by atoms with Gasteiger partial charge in [-0.15, -0.1) is 0 Å². The molecule has 0 heterocycles. The third kappa shape index (κ3) is 2.87. The van der Waals surface area contributed by atoms with Crippen LogP contribution in [-0.4, -0.2) is 11.2 Å². The summed E-state index contributed by atoms with van der Waals surface area (Å²) in [7, 11) is 0. The summed E-state index contributed by atoms with van der Waals surface area (Å²) >= 11 is 0. The van der Waals surface area contributed by atoms with Gasteiger partial charge in [0.25, 0.3) is 0 Å². The van der Waals surface area contributed by atoms with Gasteiger partial charge < -0.3 is 5.11 Å². The van der Waals surface area contributed by atoms with Crippen LogP contribution in [0.4, 0.5) is 0 Å². The highest BCUT2D eigenvalue weighted by Crippen LogP contribution is 2.36. The van der Waals surface area contributed by atoms with E-state index in [0.717, 1.165) is 31.2 Å². The van der Waals surface area contributed by atoms with E-state index in [1.165, 1.54) is 5.56 Å². The molecule has 0 aromatic heterocycles. The number of hydrogen-bond acceptors (Lipinski definition) is 2. The van der Waals surface area contributed by atoms with Crippen LogP contribution in [0, 0.1) is 17.2 Å². The van der Waals surface area contributed by atoms with Crippen molar-refractivity contribution in [3.63, 3.8) is 0 Å². The van der Waals surface area contributed by atoms with Crippen LogP contribution in [0.3, 0.4) is 0 Å². The smallest absolute Gasteiger partial charge is 0.0991 e. The Morgan fingerprint density at radius 1 is 1.18 bits per heavy atom. The minimum Gasteiger partial charge on any atom is -0.393 e. The molecule has 2 nitrogen and oxygen atoms in total. The fourth-order valence-corrected chi connectivity index (χ4v) is 2.76. The Morgan fingerprint density at radius 3 is 2.24 bits per heavy atom. The van der Waals surface area contributed by atoms with Crippen molar-refractivity contribution in [1.82, 2.24) is 0 Å². The Kier molecular flexibility index (Phi) is 3.81. The highest BCUT2D eigenvalue weighted by molar-refractivity contribution is 5.33. The largest absolute Gasteiger partial charge is 0.393 e. The number of nitriles is 1. The second-order valence-corrected chi connectivity index (χ2v) is 5.09. The summed E-state index contributed by atoms with van der Waals surface area (Å²) in [6.45, 7) is 1.90. The van der Waals surface area contributed by atoms with E-state index in [9.17, 15) is 5.11 Å². The Hall–Kier alpha value is -1.33. The molecule has 1 unspecified atom stereocenters. The zero-order valence-corrected chi connectivity index (χ0v) is 10.3. The molecule has 1 atom stereocenters. The standard InChI is InChI=1S/C15H19NO/c1-11(17)13-6-8-15(9-7-13)14-4-2-12(10-16)3-5-14/h2-5,11,13,15,17H,6-9H2,1H3. The van der Waals surface area contributed by atoms with Gasteiger partial charge in [-0.1, -0.05) is 12.1 Å². The van der Waals surface area contributed by atoms with E-state index in [0.29, 0.717) is 11.8 Å². The van der Waals surface area contributed by atoms with E-state index >= 15 is 0 Å². The molecule has 2 rings (SSSR count). The Balaban J connectivity index is 1.98. The molecule has 17 heavy (non-hydrogen) atoms. The fraction of sp³-hybridized carbons (Fsp3) is 0.533. The van der Waals surface area contributed by atoms with E-state index in [-0.39, 0.29) is 6.10 Å². The van der Waals surface area contributed by atoms with Crippen LogP contribution >= 0.6 is 0 Å². The maximum atomic E-state index is 9.57. The molecule has 1 aromatic carbocycles. The highest BCUT2D eigenvalue weighted by atomic mass is 16.3. The summed E-state index contributed by atoms with van der Waals surface area (Å²) in [5.74, 6) is 1.09. The first-order valence-corrected chi connectivity index (χ1v) is 6.39. The molecule has 1 saturated carbocycles. The van der Waals surface area contributed by atoms with Crippen LogP contribution < -0.4 is 0 Å². The number of hydrogen-bond donors (Lipinski definition) is 1. The average Bonchev–Trinajstić information content (AvgIpc) is 2.39. The first kappa shape index (κ1) is 12.1. The minimum absolute atomic E-state index is 0.170. The maximum Gasteiger partial charge on any atom is 0.0991 e. The van der Waals surface area contributed by atoms with E-state index in [2.05, 4.69) is 18.2 Å². The molecule has 0 bridgehead atoms. The zero-order valence-electron chi connectivity index (χ0n) is 10.3. The van der Waals surface area contributed by atoms with E-state index in [1.54, 1.807) is 0 Å². The van der Waals surface area contributed by atoms with Crippen molar-refractivity contribution >= 4 is 0 Å². The molecular weight excluding hydrogens is 210 g/mol. The second kappa shape index (κ2) is 5.33. The van der Waals surface area contributed by atoms with Gasteiger partial charge in [-0.05, 0) is 62.1 Å². The van der Waals surface area contributed by atoms with Crippen molar-refractivity contribution in [3.8, 4) is 6.07 Å². The summed E-state index contributed by atoms with van der Waals surface area (Å²) in [6.07, 6.45) is 4.37. The van der Waals surface area contributed by atoms with Gasteiger partial charge in [0.15, 0.2) is 0 Å². The predicted molar refractivity (Wildman–Crippen MR) is 67.5 cm³/mol. The van der Waals surface area contributed by atoms with Gasteiger partial charge in [0, 0.05) is 0 Å². The van der Waals surface area contributed by atoms with Gasteiger partial charge in [-0.25, -0.2) is 0 Å². The first-order chi connectivity index (χ1) is 8.20. The quantitative estimate of drug-likeness (QED) is 0.846. The zero-order chi connectivity index (χ0) is 12.3. The minimum atomic E-state index is -0.170. The molecule has 1 aromatic rings.